The minimum absolute atomic E-state index is 0.446. The molecule has 64 heavy (non-hydrogen) atoms. The standard InChI is InChI=1S/C55H40N3O3P3/c59-62(42-16-6-1-7-17-42,43-18-8-2-9-19-43)47-29-27-41(28-30-47)58-53-33-31-48(63(60,44-20-10-3-11-21-44)45-22-12-4-13-23-45)36-50(53)51-37-49(32-34-54(51)58)64(61,46-24-14-5-15-25-46)55-35-26-40-38-56-39-52(40)57-55/h1-38H,39H2. The van der Waals surface area contributed by atoms with E-state index in [1.54, 1.807) is 0 Å². The molecule has 0 spiro atoms. The normalized spacial score (nSPS) is 13.5. The van der Waals surface area contributed by atoms with E-state index in [9.17, 15) is 0 Å². The van der Waals surface area contributed by atoms with E-state index in [-0.39, 0.29) is 0 Å². The van der Waals surface area contributed by atoms with Crippen LogP contribution in [-0.2, 0) is 20.2 Å². The summed E-state index contributed by atoms with van der Waals surface area (Å²) < 4.78 is 49.4. The van der Waals surface area contributed by atoms with Crippen LogP contribution < -0.4 is 47.9 Å². The molecule has 10 aromatic rings. The van der Waals surface area contributed by atoms with Gasteiger partial charge in [0, 0.05) is 70.7 Å². The van der Waals surface area contributed by atoms with Crippen molar-refractivity contribution < 1.29 is 13.7 Å². The molecule has 1 aliphatic heterocycles. The summed E-state index contributed by atoms with van der Waals surface area (Å²) in [5, 5.41) is 7.45. The van der Waals surface area contributed by atoms with Crippen LogP contribution in [0.2, 0.25) is 0 Å². The summed E-state index contributed by atoms with van der Waals surface area (Å²) in [7, 11) is -10.1. The summed E-state index contributed by atoms with van der Waals surface area (Å²) in [6.07, 6.45) is 1.82. The molecular weight excluding hydrogens is 844 g/mol. The molecule has 2 aromatic heterocycles. The molecule has 9 heteroatoms. The Balaban J connectivity index is 1.15. The van der Waals surface area contributed by atoms with E-state index in [0.29, 0.717) is 27.9 Å². The van der Waals surface area contributed by atoms with Crippen LogP contribution in [0.1, 0.15) is 11.3 Å². The van der Waals surface area contributed by atoms with Gasteiger partial charge in [-0.1, -0.05) is 152 Å². The first-order valence-electron chi connectivity index (χ1n) is 21.2. The molecule has 8 aromatic carbocycles. The summed E-state index contributed by atoms with van der Waals surface area (Å²) >= 11 is 0. The SMILES string of the molecule is O=P(c1ccccc1)(c1ccccc1)c1ccc(-n2c3ccc(P(=O)(c4ccccc4)c4ccccc4)cc3c3cc(P(=O)(c4ccccc4)c4ccc5c(n4)CN=C5)ccc32)cc1. The van der Waals surface area contributed by atoms with Crippen LogP contribution in [0.3, 0.4) is 0 Å². The molecule has 0 fully saturated rings. The molecule has 1 atom stereocenters. The fourth-order valence-corrected chi connectivity index (χ4v) is 17.0. The Labute approximate surface area is 371 Å². The van der Waals surface area contributed by atoms with Crippen molar-refractivity contribution in [2.24, 2.45) is 4.99 Å². The second-order valence-corrected chi connectivity index (χ2v) is 24.2. The summed E-state index contributed by atoms with van der Waals surface area (Å²) in [4.78, 5) is 9.43. The Bertz CT molecular complexity index is 3460. The molecule has 0 radical (unpaired) electrons. The van der Waals surface area contributed by atoms with Gasteiger partial charge in [0.15, 0.2) is 21.4 Å². The van der Waals surface area contributed by atoms with Crippen LogP contribution in [0.4, 0.5) is 0 Å². The van der Waals surface area contributed by atoms with Crippen molar-refractivity contribution in [1.82, 2.24) is 9.55 Å². The molecule has 1 unspecified atom stereocenters. The van der Waals surface area contributed by atoms with Crippen molar-refractivity contribution in [3.8, 4) is 5.69 Å². The van der Waals surface area contributed by atoms with Gasteiger partial charge in [0.05, 0.1) is 23.3 Å². The second-order valence-electron chi connectivity index (χ2n) is 15.9. The molecule has 0 aliphatic carbocycles. The first-order chi connectivity index (χ1) is 31.4. The van der Waals surface area contributed by atoms with Gasteiger partial charge in [0.2, 0.25) is 0 Å². The number of aliphatic imine (C=N–C) groups is 1. The highest BCUT2D eigenvalue weighted by Gasteiger charge is 2.35. The lowest BCUT2D eigenvalue weighted by molar-refractivity contribution is 0.591. The molecule has 0 bridgehead atoms. The van der Waals surface area contributed by atoms with E-state index in [0.717, 1.165) is 65.3 Å². The lowest BCUT2D eigenvalue weighted by Crippen LogP contribution is -2.27. The minimum atomic E-state index is -3.54. The van der Waals surface area contributed by atoms with E-state index in [4.69, 9.17) is 4.98 Å². The van der Waals surface area contributed by atoms with Gasteiger partial charge in [0.25, 0.3) is 0 Å². The van der Waals surface area contributed by atoms with Gasteiger partial charge in [-0.05, 0) is 72.8 Å². The van der Waals surface area contributed by atoms with E-state index in [1.807, 2.05) is 219 Å². The first kappa shape index (κ1) is 39.9. The van der Waals surface area contributed by atoms with Crippen LogP contribution in [0, 0.1) is 0 Å². The van der Waals surface area contributed by atoms with Gasteiger partial charge in [0.1, 0.15) is 5.44 Å². The van der Waals surface area contributed by atoms with Crippen molar-refractivity contribution >= 4 is 97.3 Å². The van der Waals surface area contributed by atoms with Crippen molar-refractivity contribution in [2.75, 3.05) is 0 Å². The second kappa shape index (κ2) is 16.0. The van der Waals surface area contributed by atoms with E-state index >= 15 is 13.7 Å². The van der Waals surface area contributed by atoms with Gasteiger partial charge in [-0.2, -0.15) is 0 Å². The molecule has 11 rings (SSSR count). The number of benzene rings is 8. The monoisotopic (exact) mass is 883 g/mol. The van der Waals surface area contributed by atoms with Crippen molar-refractivity contribution in [3.63, 3.8) is 0 Å². The zero-order chi connectivity index (χ0) is 43.3. The number of pyridine rings is 1. The zero-order valence-electron chi connectivity index (χ0n) is 34.6. The maximum atomic E-state index is 16.1. The largest absolute Gasteiger partial charge is 0.309 e. The lowest BCUT2D eigenvalue weighted by Gasteiger charge is -2.21. The number of rotatable bonds is 10. The van der Waals surface area contributed by atoms with Crippen molar-refractivity contribution in [2.45, 2.75) is 6.54 Å². The number of aromatic nitrogens is 2. The highest BCUT2D eigenvalue weighted by atomic mass is 31.2. The molecule has 1 aliphatic rings. The third kappa shape index (κ3) is 6.44. The lowest BCUT2D eigenvalue weighted by atomic mass is 10.1. The molecule has 3 heterocycles. The Hall–Kier alpha value is -6.93. The predicted octanol–water partition coefficient (Wildman–Crippen LogP) is 9.03. The summed E-state index contributed by atoms with van der Waals surface area (Å²) in [6, 6.07) is 72.3. The van der Waals surface area contributed by atoms with Crippen LogP contribution >= 0.6 is 21.4 Å². The van der Waals surface area contributed by atoms with E-state index in [2.05, 4.69) is 21.7 Å². The maximum absolute atomic E-state index is 16.1. The smallest absolute Gasteiger partial charge is 0.188 e. The summed E-state index contributed by atoms with van der Waals surface area (Å²) in [6.45, 7) is 0.446. The number of nitrogens with zero attached hydrogens (tertiary/aromatic N) is 3. The molecule has 0 N–H and O–H groups in total. The van der Waals surface area contributed by atoms with Gasteiger partial charge in [-0.15, -0.1) is 0 Å². The number of hydrogen-bond acceptors (Lipinski definition) is 5. The molecule has 6 nitrogen and oxygen atoms in total. The fourth-order valence-electron chi connectivity index (χ4n) is 9.13. The fraction of sp³-hybridized carbons (Fsp3) is 0.0182. The van der Waals surface area contributed by atoms with Gasteiger partial charge < -0.3 is 18.3 Å². The zero-order valence-corrected chi connectivity index (χ0v) is 37.2. The van der Waals surface area contributed by atoms with Gasteiger partial charge in [-0.3, -0.25) is 4.99 Å². The Morgan fingerprint density at radius 1 is 0.375 bits per heavy atom. The van der Waals surface area contributed by atoms with Crippen LogP contribution in [0.5, 0.6) is 0 Å². The molecule has 0 saturated carbocycles. The Morgan fingerprint density at radius 2 is 0.750 bits per heavy atom. The minimum Gasteiger partial charge on any atom is -0.309 e. The van der Waals surface area contributed by atoms with Gasteiger partial charge >= 0.3 is 0 Å². The quantitative estimate of drug-likeness (QED) is 0.129. The third-order valence-electron chi connectivity index (χ3n) is 12.3. The summed E-state index contributed by atoms with van der Waals surface area (Å²) in [5.41, 5.74) is 4.86. The molecular formula is C55H40N3O3P3. The molecule has 0 amide bonds. The number of fused-ring (bicyclic) bond motifs is 4. The first-order valence-corrected chi connectivity index (χ1v) is 26.3. The predicted molar refractivity (Wildman–Crippen MR) is 268 cm³/mol. The van der Waals surface area contributed by atoms with Gasteiger partial charge in [-0.25, -0.2) is 4.98 Å². The summed E-state index contributed by atoms with van der Waals surface area (Å²) in [5.74, 6) is 0. The Morgan fingerprint density at radius 3 is 1.20 bits per heavy atom. The van der Waals surface area contributed by atoms with Crippen LogP contribution in [0.25, 0.3) is 27.5 Å². The topological polar surface area (TPSA) is 81.4 Å². The molecule has 308 valence electrons. The van der Waals surface area contributed by atoms with Crippen LogP contribution in [-0.4, -0.2) is 15.8 Å². The molecule has 0 saturated heterocycles. The third-order valence-corrected chi connectivity index (χ3v) is 21.4. The van der Waals surface area contributed by atoms with Crippen molar-refractivity contribution in [1.29, 1.82) is 0 Å². The Kier molecular flexibility index (Phi) is 9.98. The van der Waals surface area contributed by atoms with Crippen LogP contribution in [0.15, 0.2) is 229 Å². The average Bonchev–Trinajstić information content (AvgIpc) is 3.99. The highest BCUT2D eigenvalue weighted by molar-refractivity contribution is 7.86. The van der Waals surface area contributed by atoms with Crippen molar-refractivity contribution in [3.05, 3.63) is 236 Å². The maximum Gasteiger partial charge on any atom is 0.188 e. The highest BCUT2D eigenvalue weighted by Crippen LogP contribution is 2.47. The average molecular weight is 884 g/mol. The van der Waals surface area contributed by atoms with E-state index in [1.165, 1.54) is 0 Å². The van der Waals surface area contributed by atoms with E-state index < -0.39 is 21.4 Å². The number of hydrogen-bond donors (Lipinski definition) is 0.